The second-order valence-electron chi connectivity index (χ2n) is 3.47. The first-order valence-electron chi connectivity index (χ1n) is 5.49. The molecule has 84 valence electrons. The summed E-state index contributed by atoms with van der Waals surface area (Å²) in [6, 6.07) is 3.85. The molecule has 0 saturated carbocycles. The predicted molar refractivity (Wildman–Crippen MR) is 70.1 cm³/mol. The van der Waals surface area contributed by atoms with Crippen LogP contribution in [0.15, 0.2) is 17.5 Å². The molecule has 0 N–H and O–H groups in total. The molecule has 3 heteroatoms. The van der Waals surface area contributed by atoms with Crippen molar-refractivity contribution in [3.05, 3.63) is 22.4 Å². The minimum absolute atomic E-state index is 0.307. The molecule has 0 saturated heterocycles. The van der Waals surface area contributed by atoms with Crippen molar-refractivity contribution < 1.29 is 4.79 Å². The standard InChI is InChI=1S/C12H18OS2/c1-2-3-8-14-9-4-6-11(13)12-7-5-10-15-12/h5,7,10H,2-4,6,8-9H2,1H3. The van der Waals surface area contributed by atoms with Crippen LogP contribution in [0.2, 0.25) is 0 Å². The highest BCUT2D eigenvalue weighted by atomic mass is 32.2. The number of hydrogen-bond acceptors (Lipinski definition) is 3. The Balaban J connectivity index is 2.03. The van der Waals surface area contributed by atoms with Crippen LogP contribution >= 0.6 is 23.1 Å². The first-order valence-corrected chi connectivity index (χ1v) is 7.52. The van der Waals surface area contributed by atoms with Gasteiger partial charge in [-0.25, -0.2) is 0 Å². The van der Waals surface area contributed by atoms with Crippen molar-refractivity contribution in [2.24, 2.45) is 0 Å². The smallest absolute Gasteiger partial charge is 0.172 e. The highest BCUT2D eigenvalue weighted by Crippen LogP contribution is 2.14. The van der Waals surface area contributed by atoms with Gasteiger partial charge in [-0.3, -0.25) is 4.79 Å². The maximum absolute atomic E-state index is 11.6. The lowest BCUT2D eigenvalue weighted by Crippen LogP contribution is -1.96. The summed E-state index contributed by atoms with van der Waals surface area (Å²) < 4.78 is 0. The van der Waals surface area contributed by atoms with Crippen molar-refractivity contribution >= 4 is 28.9 Å². The van der Waals surface area contributed by atoms with E-state index in [0.717, 1.165) is 17.1 Å². The van der Waals surface area contributed by atoms with E-state index in [9.17, 15) is 4.79 Å². The maximum Gasteiger partial charge on any atom is 0.172 e. The number of carbonyl (C=O) groups is 1. The fourth-order valence-electron chi connectivity index (χ4n) is 1.24. The molecule has 0 aliphatic rings. The van der Waals surface area contributed by atoms with Crippen molar-refractivity contribution in [2.75, 3.05) is 11.5 Å². The third-order valence-corrected chi connectivity index (χ3v) is 4.20. The second-order valence-corrected chi connectivity index (χ2v) is 5.64. The van der Waals surface area contributed by atoms with E-state index in [1.165, 1.54) is 18.6 Å². The summed E-state index contributed by atoms with van der Waals surface area (Å²) in [7, 11) is 0. The van der Waals surface area contributed by atoms with Gasteiger partial charge in [-0.05, 0) is 35.8 Å². The number of rotatable bonds is 8. The Hall–Kier alpha value is -0.280. The van der Waals surface area contributed by atoms with Gasteiger partial charge in [0, 0.05) is 6.42 Å². The van der Waals surface area contributed by atoms with Gasteiger partial charge >= 0.3 is 0 Å². The maximum atomic E-state index is 11.6. The predicted octanol–water partition coefficient (Wildman–Crippen LogP) is 4.24. The normalized spacial score (nSPS) is 10.5. The van der Waals surface area contributed by atoms with Crippen LogP contribution in [0.25, 0.3) is 0 Å². The van der Waals surface area contributed by atoms with Crippen LogP contribution in [0.5, 0.6) is 0 Å². The largest absolute Gasteiger partial charge is 0.293 e. The van der Waals surface area contributed by atoms with E-state index in [-0.39, 0.29) is 0 Å². The van der Waals surface area contributed by atoms with E-state index in [2.05, 4.69) is 6.92 Å². The summed E-state index contributed by atoms with van der Waals surface area (Å²) in [5, 5.41) is 1.96. The molecule has 0 aliphatic heterocycles. The molecule has 1 aromatic heterocycles. The molecule has 1 rings (SSSR count). The zero-order chi connectivity index (χ0) is 10.9. The summed E-state index contributed by atoms with van der Waals surface area (Å²) in [6.45, 7) is 2.21. The van der Waals surface area contributed by atoms with Gasteiger partial charge in [0.15, 0.2) is 5.78 Å². The third kappa shape index (κ3) is 5.38. The number of thioether (sulfide) groups is 1. The Morgan fingerprint density at radius 1 is 1.40 bits per heavy atom. The Morgan fingerprint density at radius 3 is 2.87 bits per heavy atom. The fourth-order valence-corrected chi connectivity index (χ4v) is 2.98. The molecule has 1 aromatic rings. The molecular formula is C12H18OS2. The molecule has 0 aromatic carbocycles. The van der Waals surface area contributed by atoms with Crippen LogP contribution in [0, 0.1) is 0 Å². The van der Waals surface area contributed by atoms with Crippen LogP contribution in [-0.2, 0) is 0 Å². The minimum atomic E-state index is 0.307. The molecule has 0 radical (unpaired) electrons. The Bertz CT molecular complexity index is 267. The average Bonchev–Trinajstić information content (AvgIpc) is 2.76. The number of Topliss-reactive ketones (excluding diaryl/α,β-unsaturated/α-hetero) is 1. The number of thiophene rings is 1. The van der Waals surface area contributed by atoms with Crippen molar-refractivity contribution in [1.29, 1.82) is 0 Å². The molecular weight excluding hydrogens is 224 g/mol. The number of ketones is 1. The minimum Gasteiger partial charge on any atom is -0.293 e. The van der Waals surface area contributed by atoms with Gasteiger partial charge in [-0.2, -0.15) is 11.8 Å². The molecule has 0 unspecified atom stereocenters. The monoisotopic (exact) mass is 242 g/mol. The molecule has 0 spiro atoms. The Morgan fingerprint density at radius 2 is 2.20 bits per heavy atom. The van der Waals surface area contributed by atoms with Crippen LogP contribution in [0.4, 0.5) is 0 Å². The highest BCUT2D eigenvalue weighted by Gasteiger charge is 2.05. The zero-order valence-electron chi connectivity index (χ0n) is 9.20. The Labute approximate surface area is 100 Å². The zero-order valence-corrected chi connectivity index (χ0v) is 10.8. The first kappa shape index (κ1) is 12.8. The Kier molecular flexibility index (Phi) is 6.77. The van der Waals surface area contributed by atoms with E-state index in [1.807, 2.05) is 29.3 Å². The summed E-state index contributed by atoms with van der Waals surface area (Å²) in [6.07, 6.45) is 4.29. The fraction of sp³-hybridized carbons (Fsp3) is 0.583. The first-order chi connectivity index (χ1) is 7.34. The van der Waals surface area contributed by atoms with Gasteiger partial charge in [0.25, 0.3) is 0 Å². The molecule has 0 aliphatic carbocycles. The highest BCUT2D eigenvalue weighted by molar-refractivity contribution is 7.99. The van der Waals surface area contributed by atoms with Crippen molar-refractivity contribution in [2.45, 2.75) is 32.6 Å². The van der Waals surface area contributed by atoms with Crippen molar-refractivity contribution in [3.63, 3.8) is 0 Å². The molecule has 0 amide bonds. The summed E-state index contributed by atoms with van der Waals surface area (Å²) in [5.41, 5.74) is 0. The second kappa shape index (κ2) is 7.94. The van der Waals surface area contributed by atoms with Gasteiger partial charge in [0.05, 0.1) is 4.88 Å². The molecule has 0 atom stereocenters. The van der Waals surface area contributed by atoms with E-state index >= 15 is 0 Å². The molecule has 1 nitrogen and oxygen atoms in total. The van der Waals surface area contributed by atoms with Crippen LogP contribution in [0.3, 0.4) is 0 Å². The average molecular weight is 242 g/mol. The van der Waals surface area contributed by atoms with Crippen molar-refractivity contribution in [3.8, 4) is 0 Å². The summed E-state index contributed by atoms with van der Waals surface area (Å²) in [4.78, 5) is 12.5. The van der Waals surface area contributed by atoms with Gasteiger partial charge in [-0.1, -0.05) is 19.4 Å². The van der Waals surface area contributed by atoms with E-state index in [1.54, 1.807) is 11.3 Å². The van der Waals surface area contributed by atoms with E-state index in [4.69, 9.17) is 0 Å². The summed E-state index contributed by atoms with van der Waals surface area (Å²) in [5.74, 6) is 2.67. The van der Waals surface area contributed by atoms with Crippen LogP contribution in [0.1, 0.15) is 42.3 Å². The summed E-state index contributed by atoms with van der Waals surface area (Å²) >= 11 is 3.51. The van der Waals surface area contributed by atoms with Gasteiger partial charge in [-0.15, -0.1) is 11.3 Å². The van der Waals surface area contributed by atoms with Gasteiger partial charge in [0.2, 0.25) is 0 Å². The third-order valence-electron chi connectivity index (χ3n) is 2.13. The van der Waals surface area contributed by atoms with E-state index < -0.39 is 0 Å². The lowest BCUT2D eigenvalue weighted by Gasteiger charge is -1.99. The van der Waals surface area contributed by atoms with Crippen LogP contribution in [-0.4, -0.2) is 17.3 Å². The number of carbonyl (C=O) groups excluding carboxylic acids is 1. The topological polar surface area (TPSA) is 17.1 Å². The number of hydrogen-bond donors (Lipinski definition) is 0. The van der Waals surface area contributed by atoms with E-state index in [0.29, 0.717) is 12.2 Å². The van der Waals surface area contributed by atoms with Crippen molar-refractivity contribution in [1.82, 2.24) is 0 Å². The molecule has 0 bridgehead atoms. The molecule has 0 fully saturated rings. The lowest BCUT2D eigenvalue weighted by molar-refractivity contribution is 0.0986. The lowest BCUT2D eigenvalue weighted by atomic mass is 10.2. The van der Waals surface area contributed by atoms with Crippen LogP contribution < -0.4 is 0 Å². The van der Waals surface area contributed by atoms with Gasteiger partial charge < -0.3 is 0 Å². The number of unbranched alkanes of at least 4 members (excludes halogenated alkanes) is 1. The van der Waals surface area contributed by atoms with Gasteiger partial charge in [0.1, 0.15) is 0 Å². The quantitative estimate of drug-likeness (QED) is 0.501. The molecule has 1 heterocycles. The molecule has 15 heavy (non-hydrogen) atoms. The SMILES string of the molecule is CCCCSCCCC(=O)c1cccs1.